The van der Waals surface area contributed by atoms with E-state index in [1.54, 1.807) is 0 Å². The van der Waals surface area contributed by atoms with E-state index in [-0.39, 0.29) is 17.1 Å². The van der Waals surface area contributed by atoms with Gasteiger partial charge in [-0.15, -0.1) is 0 Å². The van der Waals surface area contributed by atoms with Gasteiger partial charge >= 0.3 is 0 Å². The fourth-order valence-electron chi connectivity index (χ4n) is 1.91. The van der Waals surface area contributed by atoms with Crippen molar-refractivity contribution in [1.29, 1.82) is 0 Å². The minimum absolute atomic E-state index is 0.00639. The molecule has 2 rings (SSSR count). The molecule has 6 nitrogen and oxygen atoms in total. The molecule has 1 aliphatic rings. The normalized spacial score (nSPS) is 26.8. The van der Waals surface area contributed by atoms with Gasteiger partial charge in [-0.05, 0) is 31.7 Å². The topological polar surface area (TPSA) is 101 Å². The van der Waals surface area contributed by atoms with Crippen LogP contribution in [0.1, 0.15) is 25.7 Å². The predicted molar refractivity (Wildman–Crippen MR) is 59.1 cm³/mol. The van der Waals surface area contributed by atoms with Gasteiger partial charge in [0, 0.05) is 12.1 Å². The first-order valence-corrected chi connectivity index (χ1v) is 6.83. The summed E-state index contributed by atoms with van der Waals surface area (Å²) < 4.78 is 26.3. The number of sulfonamides is 1. The monoisotopic (exact) mass is 244 g/mol. The van der Waals surface area contributed by atoms with E-state index >= 15 is 0 Å². The molecular weight excluding hydrogens is 228 g/mol. The molecule has 1 aromatic heterocycles. The lowest BCUT2D eigenvalue weighted by atomic mass is 9.93. The van der Waals surface area contributed by atoms with Gasteiger partial charge in [0.05, 0.1) is 6.20 Å². The lowest BCUT2D eigenvalue weighted by Gasteiger charge is -2.26. The first-order valence-electron chi connectivity index (χ1n) is 5.35. The summed E-state index contributed by atoms with van der Waals surface area (Å²) >= 11 is 0. The largest absolute Gasteiger partial charge is 0.328 e. The van der Waals surface area contributed by atoms with Crippen molar-refractivity contribution in [3.05, 3.63) is 12.3 Å². The molecule has 0 saturated heterocycles. The molecule has 0 atom stereocenters. The van der Waals surface area contributed by atoms with Crippen LogP contribution in [0.2, 0.25) is 0 Å². The summed E-state index contributed by atoms with van der Waals surface area (Å²) in [6.07, 6.45) is 4.76. The van der Waals surface area contributed by atoms with Crippen LogP contribution in [0.25, 0.3) is 0 Å². The summed E-state index contributed by atoms with van der Waals surface area (Å²) in [5.74, 6) is 0. The minimum Gasteiger partial charge on any atom is -0.328 e. The SMILES string of the molecule is NC1CCC(NS(=O)(=O)c2ccn[nH]2)CC1. The molecule has 1 saturated carbocycles. The molecule has 1 aliphatic carbocycles. The van der Waals surface area contributed by atoms with Crippen molar-refractivity contribution in [2.75, 3.05) is 0 Å². The number of rotatable bonds is 3. The highest BCUT2D eigenvalue weighted by Gasteiger charge is 2.24. The highest BCUT2D eigenvalue weighted by Crippen LogP contribution is 2.18. The van der Waals surface area contributed by atoms with Gasteiger partial charge in [0.25, 0.3) is 10.0 Å². The van der Waals surface area contributed by atoms with E-state index in [0.717, 1.165) is 25.7 Å². The Morgan fingerprint density at radius 3 is 2.62 bits per heavy atom. The molecule has 0 aromatic carbocycles. The second-order valence-corrected chi connectivity index (χ2v) is 5.84. The summed E-state index contributed by atoms with van der Waals surface area (Å²) in [6.45, 7) is 0. The summed E-state index contributed by atoms with van der Waals surface area (Å²) in [4.78, 5) is 0. The van der Waals surface area contributed by atoms with Crippen LogP contribution in [0.15, 0.2) is 17.3 Å². The predicted octanol–water partition coefficient (Wildman–Crippen LogP) is -0.0421. The zero-order valence-corrected chi connectivity index (χ0v) is 9.70. The lowest BCUT2D eigenvalue weighted by Crippen LogP contribution is -2.40. The number of hydrogen-bond acceptors (Lipinski definition) is 4. The van der Waals surface area contributed by atoms with Crippen molar-refractivity contribution in [3.8, 4) is 0 Å². The zero-order valence-electron chi connectivity index (χ0n) is 8.89. The van der Waals surface area contributed by atoms with Gasteiger partial charge in [-0.3, -0.25) is 5.10 Å². The van der Waals surface area contributed by atoms with Crippen LogP contribution in [0.3, 0.4) is 0 Å². The van der Waals surface area contributed by atoms with E-state index in [1.807, 2.05) is 0 Å². The summed E-state index contributed by atoms with van der Waals surface area (Å²) in [7, 11) is -3.44. The molecule has 16 heavy (non-hydrogen) atoms. The fourth-order valence-corrected chi connectivity index (χ4v) is 3.13. The first-order chi connectivity index (χ1) is 7.58. The van der Waals surface area contributed by atoms with Gasteiger partial charge in [0.15, 0.2) is 5.03 Å². The summed E-state index contributed by atoms with van der Waals surface area (Å²) in [6, 6.07) is 1.65. The Hall–Kier alpha value is -0.920. The quantitative estimate of drug-likeness (QED) is 0.694. The molecule has 0 unspecified atom stereocenters. The van der Waals surface area contributed by atoms with Gasteiger partial charge < -0.3 is 5.73 Å². The van der Waals surface area contributed by atoms with Crippen LogP contribution >= 0.6 is 0 Å². The molecule has 0 aliphatic heterocycles. The molecule has 7 heteroatoms. The second kappa shape index (κ2) is 4.52. The van der Waals surface area contributed by atoms with E-state index in [0.29, 0.717) is 0 Å². The van der Waals surface area contributed by atoms with Crippen molar-refractivity contribution in [2.45, 2.75) is 42.8 Å². The van der Waals surface area contributed by atoms with Crippen molar-refractivity contribution in [1.82, 2.24) is 14.9 Å². The Kier molecular flexibility index (Phi) is 3.27. The Morgan fingerprint density at radius 2 is 2.06 bits per heavy atom. The third-order valence-corrected chi connectivity index (χ3v) is 4.31. The summed E-state index contributed by atoms with van der Waals surface area (Å²) in [5.41, 5.74) is 5.76. The first kappa shape index (κ1) is 11.6. The third-order valence-electron chi connectivity index (χ3n) is 2.86. The number of nitrogens with zero attached hydrogens (tertiary/aromatic N) is 1. The fraction of sp³-hybridized carbons (Fsp3) is 0.667. The Morgan fingerprint density at radius 1 is 1.38 bits per heavy atom. The molecule has 1 aromatic rings. The van der Waals surface area contributed by atoms with Crippen LogP contribution < -0.4 is 10.5 Å². The number of nitrogens with two attached hydrogens (primary N) is 1. The Labute approximate surface area is 94.7 Å². The van der Waals surface area contributed by atoms with E-state index in [9.17, 15) is 8.42 Å². The van der Waals surface area contributed by atoms with Crippen LogP contribution in [-0.2, 0) is 10.0 Å². The van der Waals surface area contributed by atoms with Crippen LogP contribution in [0.5, 0.6) is 0 Å². The van der Waals surface area contributed by atoms with E-state index in [1.165, 1.54) is 12.3 Å². The van der Waals surface area contributed by atoms with Crippen molar-refractivity contribution in [3.63, 3.8) is 0 Å². The molecule has 90 valence electrons. The van der Waals surface area contributed by atoms with E-state index < -0.39 is 10.0 Å². The maximum atomic E-state index is 11.8. The second-order valence-electron chi connectivity index (χ2n) is 4.15. The van der Waals surface area contributed by atoms with Crippen molar-refractivity contribution < 1.29 is 8.42 Å². The van der Waals surface area contributed by atoms with Gasteiger partial charge in [0.1, 0.15) is 0 Å². The molecular formula is C9H16N4O2S. The maximum absolute atomic E-state index is 11.8. The van der Waals surface area contributed by atoms with Gasteiger partial charge in [-0.25, -0.2) is 13.1 Å². The number of hydrogen-bond donors (Lipinski definition) is 3. The standard InChI is InChI=1S/C9H16N4O2S/c10-7-1-3-8(4-2-7)13-16(14,15)9-5-6-11-12-9/h5-8,13H,1-4,10H2,(H,11,12). The Bertz CT molecular complexity index is 420. The zero-order chi connectivity index (χ0) is 11.6. The van der Waals surface area contributed by atoms with Crippen molar-refractivity contribution in [2.24, 2.45) is 5.73 Å². The van der Waals surface area contributed by atoms with Crippen LogP contribution in [0.4, 0.5) is 0 Å². The van der Waals surface area contributed by atoms with Gasteiger partial charge in [0.2, 0.25) is 0 Å². The lowest BCUT2D eigenvalue weighted by molar-refractivity contribution is 0.373. The number of aromatic nitrogens is 2. The van der Waals surface area contributed by atoms with Crippen LogP contribution in [-0.4, -0.2) is 30.7 Å². The highest BCUT2D eigenvalue weighted by atomic mass is 32.2. The molecule has 0 bridgehead atoms. The number of nitrogens with one attached hydrogen (secondary N) is 2. The molecule has 0 amide bonds. The van der Waals surface area contributed by atoms with Gasteiger partial charge in [-0.2, -0.15) is 5.10 Å². The Balaban J connectivity index is 2.00. The molecule has 1 heterocycles. The maximum Gasteiger partial charge on any atom is 0.257 e. The number of aromatic amines is 1. The average molecular weight is 244 g/mol. The molecule has 0 spiro atoms. The van der Waals surface area contributed by atoms with E-state index in [2.05, 4.69) is 14.9 Å². The molecule has 0 radical (unpaired) electrons. The van der Waals surface area contributed by atoms with Crippen LogP contribution in [0, 0.1) is 0 Å². The molecule has 1 fully saturated rings. The highest BCUT2D eigenvalue weighted by molar-refractivity contribution is 7.89. The third kappa shape index (κ3) is 2.60. The molecule has 4 N–H and O–H groups in total. The van der Waals surface area contributed by atoms with Crippen molar-refractivity contribution >= 4 is 10.0 Å². The number of H-pyrrole nitrogens is 1. The average Bonchev–Trinajstić information content (AvgIpc) is 2.75. The smallest absolute Gasteiger partial charge is 0.257 e. The van der Waals surface area contributed by atoms with E-state index in [4.69, 9.17) is 5.73 Å². The summed E-state index contributed by atoms with van der Waals surface area (Å²) in [5, 5.41) is 6.19. The van der Waals surface area contributed by atoms with Gasteiger partial charge in [-0.1, -0.05) is 0 Å². The minimum atomic E-state index is -3.44.